The zero-order chi connectivity index (χ0) is 60.3. The Morgan fingerprint density at radius 3 is 2.02 bits per heavy atom. The first-order valence-electron chi connectivity index (χ1n) is 29.8. The molecule has 3 unspecified atom stereocenters. The van der Waals surface area contributed by atoms with E-state index >= 15 is 0 Å². The predicted molar refractivity (Wildman–Crippen MR) is 347 cm³/mol. The molecular weight excluding hydrogens is 1080 g/mol. The first-order valence-corrected chi connectivity index (χ1v) is 32.3. The van der Waals surface area contributed by atoms with Gasteiger partial charge in [-0.25, -0.2) is 4.99 Å². The molecule has 0 aromatic heterocycles. The number of aliphatic imine (C=N–C) groups is 1. The lowest BCUT2D eigenvalue weighted by Crippen LogP contribution is -2.39. The summed E-state index contributed by atoms with van der Waals surface area (Å²) in [5.41, 5.74) is 17.5. The Labute approximate surface area is 504 Å². The molecule has 2 aliphatic heterocycles. The third kappa shape index (κ3) is 34.6. The highest BCUT2D eigenvalue weighted by atomic mass is 35.5. The number of aryl methyl sites for hydroxylation is 1. The fourth-order valence-corrected chi connectivity index (χ4v) is 11.2. The SMILES string of the molecule is C=C/C(C)=N\C(N)=C(\Sc1cccc(Cl)c1Cl)C(C)CC.CC(C)C.CC=O.CCCCCC(CN)(CCC)CCCCCC(=O)NCCCCCC(=O)NCC(=O)N1CCC(O)C1.CCCCc1ccc(C2=C(C)NCS2)cc1. The van der Waals surface area contributed by atoms with Crippen LogP contribution in [0.4, 0.5) is 0 Å². The molecule has 2 aromatic carbocycles. The van der Waals surface area contributed by atoms with Gasteiger partial charge in [-0.1, -0.05) is 179 Å². The van der Waals surface area contributed by atoms with Crippen molar-refractivity contribution in [2.75, 3.05) is 38.6 Å². The molecule has 12 nitrogen and oxygen atoms in total. The Balaban J connectivity index is 0.00000119. The van der Waals surface area contributed by atoms with Crippen LogP contribution >= 0.6 is 46.7 Å². The number of halogens is 2. The number of allylic oxidation sites excluding steroid dienone is 3. The minimum atomic E-state index is -0.447. The number of nitrogens with zero attached hydrogens (tertiary/aromatic N) is 2. The van der Waals surface area contributed by atoms with Crippen molar-refractivity contribution in [1.29, 1.82) is 0 Å². The van der Waals surface area contributed by atoms with Gasteiger partial charge in [-0.2, -0.15) is 0 Å². The quantitative estimate of drug-likeness (QED) is 0.0183. The number of hydrogen-bond donors (Lipinski definition) is 6. The second kappa shape index (κ2) is 46.7. The fourth-order valence-electron chi connectivity index (χ4n) is 8.64. The second-order valence-corrected chi connectivity index (χ2v) is 24.4. The smallest absolute Gasteiger partial charge is 0.242 e. The van der Waals surface area contributed by atoms with Crippen molar-refractivity contribution in [3.8, 4) is 0 Å². The first kappa shape index (κ1) is 76.2. The zero-order valence-electron chi connectivity index (χ0n) is 51.2. The van der Waals surface area contributed by atoms with E-state index in [1.54, 1.807) is 17.0 Å². The standard InChI is InChI=1S/C28H54N4O4.C16H20Cl2N2S.C14H19NS.C4H10.C2H4O/c1-3-5-10-17-28(23-29,16-4-2)18-11-6-8-13-25(34)30-19-12-7-9-14-26(35)31-21-27(36)32-20-15-24(33)22-32;1-5-10(3)15(16(19)20-11(4)6-2)21-13-9-7-8-12(17)14(13)18;1-3-4-5-12-6-8-13(9-7-12)14-11(2)15-10-16-14;1-4(2)3;1-2-3/h24,33H,3-23,29H2,1-2H3,(H,30,34)(H,31,35);6-10H,2,5,19H2,1,3-4H3;6-9,15H,3-5,10H2,1-2H3;4H,1-3H3;2H,1H3/b;16-15+,20-11-;;;. The van der Waals surface area contributed by atoms with Crippen molar-refractivity contribution in [1.82, 2.24) is 20.9 Å². The van der Waals surface area contributed by atoms with Crippen LogP contribution in [0.2, 0.25) is 10.0 Å². The number of nitrogens with two attached hydrogens (primary N) is 2. The van der Waals surface area contributed by atoms with Crippen molar-refractivity contribution in [3.05, 3.63) is 92.7 Å². The minimum absolute atomic E-state index is 0.00766. The molecule has 80 heavy (non-hydrogen) atoms. The molecule has 1 fully saturated rings. The second-order valence-electron chi connectivity index (χ2n) is 21.5. The maximum Gasteiger partial charge on any atom is 0.242 e. The molecule has 4 rings (SSSR count). The number of aliphatic hydroxyl groups excluding tert-OH is 1. The summed E-state index contributed by atoms with van der Waals surface area (Å²) >= 11 is 15.7. The lowest BCUT2D eigenvalue weighted by molar-refractivity contribution is -0.132. The van der Waals surface area contributed by atoms with Crippen LogP contribution in [-0.2, 0) is 25.6 Å². The highest BCUT2D eigenvalue weighted by Crippen LogP contribution is 2.41. The molecular formula is C64H107Cl2N7O5S2. The fraction of sp³-hybridized carbons (Fsp3) is 0.641. The van der Waals surface area contributed by atoms with Gasteiger partial charge in [-0.05, 0) is 138 Å². The number of nitrogens with one attached hydrogen (secondary N) is 3. The van der Waals surface area contributed by atoms with Crippen LogP contribution in [0.3, 0.4) is 0 Å². The summed E-state index contributed by atoms with van der Waals surface area (Å²) in [6, 6.07) is 14.6. The number of unbranched alkanes of at least 4 members (excludes halogenated alkanes) is 7. The molecule has 0 saturated carbocycles. The van der Waals surface area contributed by atoms with Crippen molar-refractivity contribution in [3.63, 3.8) is 0 Å². The van der Waals surface area contributed by atoms with Crippen molar-refractivity contribution in [2.24, 2.45) is 33.7 Å². The normalized spacial score (nSPS) is 15.2. The highest BCUT2D eigenvalue weighted by molar-refractivity contribution is 8.08. The van der Waals surface area contributed by atoms with Crippen LogP contribution in [0.1, 0.15) is 209 Å². The summed E-state index contributed by atoms with van der Waals surface area (Å²) < 4.78 is 0. The summed E-state index contributed by atoms with van der Waals surface area (Å²) in [4.78, 5) is 54.0. The Hall–Kier alpha value is -3.79. The van der Waals surface area contributed by atoms with E-state index in [1.165, 1.54) is 105 Å². The van der Waals surface area contributed by atoms with Crippen molar-refractivity contribution < 1.29 is 24.3 Å². The van der Waals surface area contributed by atoms with Gasteiger partial charge in [0.2, 0.25) is 17.7 Å². The van der Waals surface area contributed by atoms with Gasteiger partial charge in [0.15, 0.2) is 0 Å². The molecule has 0 aliphatic carbocycles. The molecule has 454 valence electrons. The highest BCUT2D eigenvalue weighted by Gasteiger charge is 2.27. The van der Waals surface area contributed by atoms with E-state index in [2.05, 4.69) is 114 Å². The van der Waals surface area contributed by atoms with Crippen LogP contribution in [0.25, 0.3) is 4.91 Å². The van der Waals surface area contributed by atoms with Crippen LogP contribution < -0.4 is 27.4 Å². The number of benzene rings is 2. The average molecular weight is 1190 g/mol. The predicted octanol–water partition coefficient (Wildman–Crippen LogP) is 15.4. The van der Waals surface area contributed by atoms with Gasteiger partial charge in [-0.3, -0.25) is 14.4 Å². The molecule has 8 N–H and O–H groups in total. The minimum Gasteiger partial charge on any atom is -0.391 e. The molecule has 2 aliphatic rings. The Bertz CT molecular complexity index is 2150. The van der Waals surface area contributed by atoms with Gasteiger partial charge in [0.1, 0.15) is 12.1 Å². The average Bonchev–Trinajstić information content (AvgIpc) is 4.08. The van der Waals surface area contributed by atoms with Gasteiger partial charge >= 0.3 is 0 Å². The molecule has 0 bridgehead atoms. The van der Waals surface area contributed by atoms with Gasteiger partial charge in [-0.15, -0.1) is 11.8 Å². The largest absolute Gasteiger partial charge is 0.391 e. The first-order chi connectivity index (χ1) is 38.2. The van der Waals surface area contributed by atoms with Gasteiger partial charge in [0.05, 0.1) is 28.6 Å². The maximum absolute atomic E-state index is 12.1. The van der Waals surface area contributed by atoms with Crippen molar-refractivity contribution >= 4 is 81.4 Å². The van der Waals surface area contributed by atoms with E-state index in [-0.39, 0.29) is 35.6 Å². The van der Waals surface area contributed by atoms with Gasteiger partial charge < -0.3 is 42.2 Å². The number of carbonyl (C=O) groups excluding carboxylic acids is 4. The number of aliphatic hydroxyl groups is 1. The Kier molecular flexibility index (Phi) is 44.5. The van der Waals surface area contributed by atoms with E-state index in [9.17, 15) is 19.5 Å². The molecule has 2 heterocycles. The summed E-state index contributed by atoms with van der Waals surface area (Å²) in [6.07, 6.45) is 22.4. The Morgan fingerprint density at radius 1 is 0.900 bits per heavy atom. The van der Waals surface area contributed by atoms with Crippen LogP contribution in [0, 0.1) is 17.3 Å². The third-order valence-electron chi connectivity index (χ3n) is 13.5. The number of β-amino-alcohol motifs (C(OH)–C–C–N with tert-alkyl or cyclic N) is 1. The third-order valence-corrected chi connectivity index (χ3v) is 16.9. The number of amides is 3. The number of hydrogen-bond acceptors (Lipinski definition) is 11. The number of thioether (sulfide) groups is 2. The topological polar surface area (TPSA) is 192 Å². The Morgan fingerprint density at radius 2 is 1.50 bits per heavy atom. The van der Waals surface area contributed by atoms with E-state index in [0.717, 1.165) is 85.1 Å². The molecule has 1 saturated heterocycles. The molecule has 16 heteroatoms. The summed E-state index contributed by atoms with van der Waals surface area (Å²) in [5.74, 6) is 2.47. The number of aldehydes is 1. The molecule has 2 aromatic rings. The van der Waals surface area contributed by atoms with E-state index < -0.39 is 6.10 Å². The summed E-state index contributed by atoms with van der Waals surface area (Å²) in [7, 11) is 0. The molecule has 3 amide bonds. The molecule has 0 radical (unpaired) electrons. The van der Waals surface area contributed by atoms with Gasteiger partial charge in [0, 0.05) is 58.6 Å². The zero-order valence-corrected chi connectivity index (χ0v) is 54.4. The van der Waals surface area contributed by atoms with Crippen LogP contribution in [0.5, 0.6) is 0 Å². The van der Waals surface area contributed by atoms with Crippen LogP contribution in [0.15, 0.2) is 81.4 Å². The monoisotopic (exact) mass is 1190 g/mol. The van der Waals surface area contributed by atoms with Crippen molar-refractivity contribution in [2.45, 2.75) is 216 Å². The van der Waals surface area contributed by atoms with Gasteiger partial charge in [0.25, 0.3) is 0 Å². The summed E-state index contributed by atoms with van der Waals surface area (Å²) in [5, 5.41) is 19.6. The lowest BCUT2D eigenvalue weighted by Gasteiger charge is -2.33. The molecule has 0 spiro atoms. The van der Waals surface area contributed by atoms with E-state index in [1.807, 2.05) is 30.8 Å². The maximum atomic E-state index is 12.1. The summed E-state index contributed by atoms with van der Waals surface area (Å²) in [6.45, 7) is 28.9. The van der Waals surface area contributed by atoms with E-state index in [0.29, 0.717) is 54.8 Å². The number of likely N-dealkylation sites (tertiary alicyclic amines) is 1. The number of rotatable bonds is 31. The van der Waals surface area contributed by atoms with Crippen LogP contribution in [-0.4, -0.2) is 84.4 Å². The lowest BCUT2D eigenvalue weighted by atomic mass is 9.74. The molecule has 3 atom stereocenters. The van der Waals surface area contributed by atoms with E-state index in [4.69, 9.17) is 39.5 Å². The number of carbonyl (C=O) groups is 4.